The summed E-state index contributed by atoms with van der Waals surface area (Å²) >= 11 is 3.32. The zero-order valence-electron chi connectivity index (χ0n) is 8.24. The van der Waals surface area contributed by atoms with Gasteiger partial charge in [-0.1, -0.05) is 24.3 Å². The lowest BCUT2D eigenvalue weighted by Gasteiger charge is -2.05. The van der Waals surface area contributed by atoms with Gasteiger partial charge in [-0.3, -0.25) is 0 Å². The highest BCUT2D eigenvalue weighted by molar-refractivity contribution is 9.10. The van der Waals surface area contributed by atoms with Crippen LogP contribution >= 0.6 is 15.9 Å². The normalized spacial score (nSPS) is 9.81. The van der Waals surface area contributed by atoms with Gasteiger partial charge in [-0.2, -0.15) is 5.26 Å². The van der Waals surface area contributed by atoms with Crippen LogP contribution in [0.4, 0.5) is 4.39 Å². The quantitative estimate of drug-likeness (QED) is 0.768. The van der Waals surface area contributed by atoms with Crippen LogP contribution < -0.4 is 0 Å². The van der Waals surface area contributed by atoms with Gasteiger partial charge in [0.2, 0.25) is 0 Å². The number of halogens is 2. The van der Waals surface area contributed by atoms with Crippen molar-refractivity contribution < 1.29 is 4.39 Å². The molecule has 0 saturated carbocycles. The minimum Gasteiger partial charge on any atom is -0.207 e. The Morgan fingerprint density at radius 2 is 1.75 bits per heavy atom. The molecule has 0 heterocycles. The average Bonchev–Trinajstić information content (AvgIpc) is 2.30. The van der Waals surface area contributed by atoms with Crippen LogP contribution in [0.5, 0.6) is 0 Å². The van der Waals surface area contributed by atoms with Crippen molar-refractivity contribution in [3.8, 4) is 17.2 Å². The molecule has 0 spiro atoms. The summed E-state index contributed by atoms with van der Waals surface area (Å²) in [5, 5.41) is 9.06. The highest BCUT2D eigenvalue weighted by Gasteiger charge is 2.07. The molecule has 2 aromatic carbocycles. The Balaban J connectivity index is 2.61. The van der Waals surface area contributed by atoms with Crippen LogP contribution in [0, 0.1) is 17.1 Å². The van der Waals surface area contributed by atoms with Gasteiger partial charge in [0.1, 0.15) is 11.9 Å². The summed E-state index contributed by atoms with van der Waals surface area (Å²) in [5.74, 6) is -0.280. The third-order valence-corrected chi connectivity index (χ3v) is 2.94. The van der Waals surface area contributed by atoms with Crippen LogP contribution in [0.25, 0.3) is 11.1 Å². The molecule has 0 bridgehead atoms. The monoisotopic (exact) mass is 275 g/mol. The highest BCUT2D eigenvalue weighted by Crippen LogP contribution is 2.28. The molecule has 3 heteroatoms. The molecule has 0 aromatic heterocycles. The van der Waals surface area contributed by atoms with Gasteiger partial charge >= 0.3 is 0 Å². The van der Waals surface area contributed by atoms with Crippen LogP contribution in [-0.4, -0.2) is 0 Å². The Hall–Kier alpha value is -1.66. The summed E-state index contributed by atoms with van der Waals surface area (Å²) in [6, 6.07) is 13.7. The molecule has 0 unspecified atom stereocenters. The van der Waals surface area contributed by atoms with Crippen LogP contribution in [0.15, 0.2) is 46.9 Å². The van der Waals surface area contributed by atoms with E-state index in [4.69, 9.17) is 5.26 Å². The predicted octanol–water partition coefficient (Wildman–Crippen LogP) is 4.13. The average molecular weight is 276 g/mol. The molecule has 0 atom stereocenters. The Bertz CT molecular complexity index is 555. The van der Waals surface area contributed by atoms with E-state index in [0.29, 0.717) is 5.56 Å². The van der Waals surface area contributed by atoms with E-state index in [2.05, 4.69) is 22.0 Å². The SMILES string of the molecule is N#Cc1c(Br)cccc1-c1ccc(F)cc1. The second kappa shape index (κ2) is 4.46. The Morgan fingerprint density at radius 3 is 2.38 bits per heavy atom. The summed E-state index contributed by atoms with van der Waals surface area (Å²) in [6.07, 6.45) is 0. The minimum absolute atomic E-state index is 0.280. The van der Waals surface area contributed by atoms with Gasteiger partial charge in [-0.05, 0) is 39.7 Å². The maximum Gasteiger partial charge on any atom is 0.123 e. The van der Waals surface area contributed by atoms with E-state index in [1.807, 2.05) is 18.2 Å². The fourth-order valence-corrected chi connectivity index (χ4v) is 1.96. The first kappa shape index (κ1) is 10.8. The third-order valence-electron chi connectivity index (χ3n) is 2.28. The lowest BCUT2D eigenvalue weighted by Crippen LogP contribution is -1.86. The standard InChI is InChI=1S/C13H7BrFN/c14-13-3-1-2-11(12(13)8-16)9-4-6-10(15)7-5-9/h1-7H. The molecular weight excluding hydrogens is 269 g/mol. The molecule has 16 heavy (non-hydrogen) atoms. The number of hydrogen-bond donors (Lipinski definition) is 0. The van der Waals surface area contributed by atoms with E-state index in [-0.39, 0.29) is 5.82 Å². The lowest BCUT2D eigenvalue weighted by atomic mass is 10.0. The molecule has 0 N–H and O–H groups in total. The van der Waals surface area contributed by atoms with Gasteiger partial charge in [0.05, 0.1) is 5.56 Å². The molecule has 0 amide bonds. The molecular formula is C13H7BrFN. The summed E-state index contributed by atoms with van der Waals surface area (Å²) in [4.78, 5) is 0. The molecule has 2 aromatic rings. The van der Waals surface area contributed by atoms with Crippen molar-refractivity contribution in [3.05, 3.63) is 58.3 Å². The molecule has 2 rings (SSSR count). The molecule has 0 saturated heterocycles. The third kappa shape index (κ3) is 1.98. The molecule has 0 fully saturated rings. The van der Waals surface area contributed by atoms with Gasteiger partial charge in [-0.25, -0.2) is 4.39 Å². The minimum atomic E-state index is -0.280. The van der Waals surface area contributed by atoms with Crippen molar-refractivity contribution in [1.29, 1.82) is 5.26 Å². The summed E-state index contributed by atoms with van der Waals surface area (Å²) in [7, 11) is 0. The Labute approximate surface area is 101 Å². The summed E-state index contributed by atoms with van der Waals surface area (Å²) in [5.41, 5.74) is 2.20. The van der Waals surface area contributed by atoms with Crippen LogP contribution in [0.1, 0.15) is 5.56 Å². The van der Waals surface area contributed by atoms with Crippen LogP contribution in [0.3, 0.4) is 0 Å². The molecule has 1 nitrogen and oxygen atoms in total. The van der Waals surface area contributed by atoms with E-state index < -0.39 is 0 Å². The van der Waals surface area contributed by atoms with E-state index >= 15 is 0 Å². The summed E-state index contributed by atoms with van der Waals surface area (Å²) < 4.78 is 13.5. The lowest BCUT2D eigenvalue weighted by molar-refractivity contribution is 0.628. The predicted molar refractivity (Wildman–Crippen MR) is 64.3 cm³/mol. The van der Waals surface area contributed by atoms with Crippen molar-refractivity contribution in [2.45, 2.75) is 0 Å². The number of rotatable bonds is 1. The van der Waals surface area contributed by atoms with Crippen molar-refractivity contribution in [3.63, 3.8) is 0 Å². The van der Waals surface area contributed by atoms with E-state index in [0.717, 1.165) is 15.6 Å². The number of hydrogen-bond acceptors (Lipinski definition) is 1. The maximum absolute atomic E-state index is 12.8. The zero-order valence-corrected chi connectivity index (χ0v) is 9.83. The first-order valence-corrected chi connectivity index (χ1v) is 5.46. The van der Waals surface area contributed by atoms with Gasteiger partial charge < -0.3 is 0 Å². The van der Waals surface area contributed by atoms with Crippen LogP contribution in [-0.2, 0) is 0 Å². The molecule has 0 aliphatic carbocycles. The Kier molecular flexibility index (Phi) is 3.02. The number of nitrogens with zero attached hydrogens (tertiary/aromatic N) is 1. The van der Waals surface area contributed by atoms with Crippen molar-refractivity contribution in [2.24, 2.45) is 0 Å². The fraction of sp³-hybridized carbons (Fsp3) is 0. The van der Waals surface area contributed by atoms with Gasteiger partial charge in [-0.15, -0.1) is 0 Å². The first-order valence-electron chi connectivity index (χ1n) is 4.67. The van der Waals surface area contributed by atoms with Crippen molar-refractivity contribution in [1.82, 2.24) is 0 Å². The summed E-state index contributed by atoms with van der Waals surface area (Å²) in [6.45, 7) is 0. The van der Waals surface area contributed by atoms with Gasteiger partial charge in [0.15, 0.2) is 0 Å². The van der Waals surface area contributed by atoms with E-state index in [1.54, 1.807) is 12.1 Å². The molecule has 78 valence electrons. The smallest absolute Gasteiger partial charge is 0.123 e. The maximum atomic E-state index is 12.8. The van der Waals surface area contributed by atoms with Crippen LogP contribution in [0.2, 0.25) is 0 Å². The first-order chi connectivity index (χ1) is 7.72. The molecule has 0 aliphatic rings. The van der Waals surface area contributed by atoms with E-state index in [1.165, 1.54) is 12.1 Å². The van der Waals surface area contributed by atoms with Crippen molar-refractivity contribution >= 4 is 15.9 Å². The molecule has 0 aliphatic heterocycles. The topological polar surface area (TPSA) is 23.8 Å². The van der Waals surface area contributed by atoms with Crippen molar-refractivity contribution in [2.75, 3.05) is 0 Å². The van der Waals surface area contributed by atoms with Gasteiger partial charge in [0, 0.05) is 10.0 Å². The number of benzene rings is 2. The number of nitriles is 1. The molecule has 0 radical (unpaired) electrons. The highest BCUT2D eigenvalue weighted by atomic mass is 79.9. The largest absolute Gasteiger partial charge is 0.207 e. The second-order valence-electron chi connectivity index (χ2n) is 3.28. The zero-order chi connectivity index (χ0) is 11.5. The Morgan fingerprint density at radius 1 is 1.06 bits per heavy atom. The second-order valence-corrected chi connectivity index (χ2v) is 4.14. The van der Waals surface area contributed by atoms with Gasteiger partial charge in [0.25, 0.3) is 0 Å². The fourth-order valence-electron chi connectivity index (χ4n) is 1.51. The van der Waals surface area contributed by atoms with E-state index in [9.17, 15) is 4.39 Å².